The van der Waals surface area contributed by atoms with Gasteiger partial charge in [-0.2, -0.15) is 0 Å². The second kappa shape index (κ2) is 8.05. The van der Waals surface area contributed by atoms with Gasteiger partial charge >= 0.3 is 5.97 Å². The van der Waals surface area contributed by atoms with Crippen LogP contribution in [0.5, 0.6) is 0 Å². The predicted molar refractivity (Wildman–Crippen MR) is 97.6 cm³/mol. The van der Waals surface area contributed by atoms with Gasteiger partial charge in [-0.25, -0.2) is 18.6 Å². The second-order valence-electron chi connectivity index (χ2n) is 5.55. The van der Waals surface area contributed by atoms with E-state index >= 15 is 0 Å². The van der Waals surface area contributed by atoms with Crippen molar-refractivity contribution in [2.45, 2.75) is 6.92 Å². The normalized spacial score (nSPS) is 10.5. The first kappa shape index (κ1) is 18.7. The molecule has 5 nitrogen and oxygen atoms in total. The summed E-state index contributed by atoms with van der Waals surface area (Å²) in [5.74, 6) is -2.97. The van der Waals surface area contributed by atoms with Gasteiger partial charge in [-0.1, -0.05) is 30.3 Å². The highest BCUT2D eigenvalue weighted by molar-refractivity contribution is 7.17. The molecule has 0 fully saturated rings. The van der Waals surface area contributed by atoms with Gasteiger partial charge in [0, 0.05) is 11.6 Å². The number of nitrogens with zero attached hydrogens (tertiary/aromatic N) is 1. The minimum Gasteiger partial charge on any atom is -0.451 e. The fraction of sp³-hybridized carbons (Fsp3) is 0.105. The van der Waals surface area contributed by atoms with E-state index in [-0.39, 0.29) is 10.6 Å². The molecule has 0 atom stereocenters. The number of hydrogen-bond acceptors (Lipinski definition) is 5. The number of aryl methyl sites for hydroxylation is 1. The predicted octanol–water partition coefficient (Wildman–Crippen LogP) is 4.19. The van der Waals surface area contributed by atoms with Crippen molar-refractivity contribution in [1.82, 2.24) is 4.98 Å². The first-order valence-corrected chi connectivity index (χ1v) is 8.70. The molecular formula is C19H14F2N2O3S. The zero-order valence-electron chi connectivity index (χ0n) is 14.2. The Morgan fingerprint density at radius 2 is 1.89 bits per heavy atom. The average Bonchev–Trinajstić information content (AvgIpc) is 3.05. The van der Waals surface area contributed by atoms with Crippen LogP contribution in [-0.2, 0) is 9.53 Å². The first-order chi connectivity index (χ1) is 12.9. The van der Waals surface area contributed by atoms with E-state index in [1.54, 1.807) is 6.92 Å². The third-order valence-electron chi connectivity index (χ3n) is 3.54. The lowest BCUT2D eigenvalue weighted by Crippen LogP contribution is -2.21. The summed E-state index contributed by atoms with van der Waals surface area (Å²) < 4.78 is 31.6. The van der Waals surface area contributed by atoms with Crippen LogP contribution in [0, 0.1) is 18.6 Å². The minimum atomic E-state index is -0.790. The van der Waals surface area contributed by atoms with Gasteiger partial charge in [-0.3, -0.25) is 4.79 Å². The Kier molecular flexibility index (Phi) is 5.56. The fourth-order valence-electron chi connectivity index (χ4n) is 2.27. The Morgan fingerprint density at radius 1 is 1.15 bits per heavy atom. The SMILES string of the molecule is Cc1nc(-c2ccccc2)sc1C(=O)OCC(=O)Nc1cc(F)ccc1F. The number of nitrogens with one attached hydrogen (secondary N) is 1. The van der Waals surface area contributed by atoms with Gasteiger partial charge in [0.05, 0.1) is 11.4 Å². The Bertz CT molecular complexity index is 990. The Balaban J connectivity index is 1.63. The summed E-state index contributed by atoms with van der Waals surface area (Å²) in [6.07, 6.45) is 0. The monoisotopic (exact) mass is 388 g/mol. The van der Waals surface area contributed by atoms with E-state index < -0.39 is 30.1 Å². The Hall–Kier alpha value is -3.13. The van der Waals surface area contributed by atoms with Crippen LogP contribution >= 0.6 is 11.3 Å². The van der Waals surface area contributed by atoms with Crippen molar-refractivity contribution in [3.8, 4) is 10.6 Å². The van der Waals surface area contributed by atoms with Crippen molar-refractivity contribution in [3.63, 3.8) is 0 Å². The van der Waals surface area contributed by atoms with Gasteiger partial charge in [0.2, 0.25) is 0 Å². The van der Waals surface area contributed by atoms with Crippen LogP contribution in [0.25, 0.3) is 10.6 Å². The largest absolute Gasteiger partial charge is 0.451 e. The second-order valence-corrected chi connectivity index (χ2v) is 6.55. The lowest BCUT2D eigenvalue weighted by Gasteiger charge is -2.07. The summed E-state index contributed by atoms with van der Waals surface area (Å²) in [5.41, 5.74) is 1.03. The number of benzene rings is 2. The maximum absolute atomic E-state index is 13.5. The first-order valence-electron chi connectivity index (χ1n) is 7.89. The molecule has 1 amide bonds. The fourth-order valence-corrected chi connectivity index (χ4v) is 3.23. The minimum absolute atomic E-state index is 0.276. The molecule has 0 saturated heterocycles. The summed E-state index contributed by atoms with van der Waals surface area (Å²) in [6.45, 7) is 1.04. The van der Waals surface area contributed by atoms with Crippen LogP contribution in [0.3, 0.4) is 0 Å². The maximum atomic E-state index is 13.5. The number of amides is 1. The van der Waals surface area contributed by atoms with Crippen LogP contribution in [0.1, 0.15) is 15.4 Å². The molecule has 1 N–H and O–H groups in total. The zero-order valence-corrected chi connectivity index (χ0v) is 15.0. The number of rotatable bonds is 5. The molecule has 0 aliphatic rings. The highest BCUT2D eigenvalue weighted by Crippen LogP contribution is 2.28. The molecule has 27 heavy (non-hydrogen) atoms. The quantitative estimate of drug-likeness (QED) is 0.666. The zero-order chi connectivity index (χ0) is 19.4. The number of anilines is 1. The molecule has 2 aromatic carbocycles. The van der Waals surface area contributed by atoms with Crippen LogP contribution in [0.15, 0.2) is 48.5 Å². The van der Waals surface area contributed by atoms with E-state index in [0.717, 1.165) is 35.1 Å². The molecule has 1 heterocycles. The van der Waals surface area contributed by atoms with Gasteiger partial charge in [0.15, 0.2) is 6.61 Å². The van der Waals surface area contributed by atoms with E-state index in [0.29, 0.717) is 10.7 Å². The van der Waals surface area contributed by atoms with Crippen LogP contribution in [0.2, 0.25) is 0 Å². The van der Waals surface area contributed by atoms with Crippen LogP contribution in [-0.4, -0.2) is 23.5 Å². The van der Waals surface area contributed by atoms with E-state index in [2.05, 4.69) is 10.3 Å². The summed E-state index contributed by atoms with van der Waals surface area (Å²) in [5, 5.41) is 2.82. The van der Waals surface area contributed by atoms with Gasteiger partial charge in [0.25, 0.3) is 5.91 Å². The molecule has 0 aliphatic heterocycles. The van der Waals surface area contributed by atoms with E-state index in [4.69, 9.17) is 4.74 Å². The topological polar surface area (TPSA) is 68.3 Å². The third-order valence-corrected chi connectivity index (χ3v) is 4.73. The molecule has 0 unspecified atom stereocenters. The Morgan fingerprint density at radius 3 is 2.63 bits per heavy atom. The van der Waals surface area contributed by atoms with Gasteiger partial charge < -0.3 is 10.1 Å². The molecule has 138 valence electrons. The van der Waals surface area contributed by atoms with Crippen molar-refractivity contribution in [2.75, 3.05) is 11.9 Å². The lowest BCUT2D eigenvalue weighted by atomic mass is 10.2. The molecule has 3 rings (SSSR count). The van der Waals surface area contributed by atoms with Gasteiger partial charge in [-0.15, -0.1) is 11.3 Å². The summed E-state index contributed by atoms with van der Waals surface area (Å²) in [6, 6.07) is 12.0. The summed E-state index contributed by atoms with van der Waals surface area (Å²) >= 11 is 1.15. The molecule has 0 spiro atoms. The van der Waals surface area contributed by atoms with Crippen LogP contribution < -0.4 is 5.32 Å². The number of carbonyl (C=O) groups is 2. The standard InChI is InChI=1S/C19H14F2N2O3S/c1-11-17(27-18(22-11)12-5-3-2-4-6-12)19(25)26-10-16(24)23-15-9-13(20)7-8-14(15)21/h2-9H,10H2,1H3,(H,23,24). The van der Waals surface area contributed by atoms with E-state index in [9.17, 15) is 18.4 Å². The molecular weight excluding hydrogens is 374 g/mol. The van der Waals surface area contributed by atoms with Crippen molar-refractivity contribution >= 4 is 28.9 Å². The van der Waals surface area contributed by atoms with Crippen molar-refractivity contribution in [3.05, 3.63) is 70.7 Å². The van der Waals surface area contributed by atoms with Crippen molar-refractivity contribution in [1.29, 1.82) is 0 Å². The number of halogens is 2. The lowest BCUT2D eigenvalue weighted by molar-refractivity contribution is -0.119. The number of thiazole rings is 1. The van der Waals surface area contributed by atoms with Crippen molar-refractivity contribution < 1.29 is 23.1 Å². The van der Waals surface area contributed by atoms with Crippen LogP contribution in [0.4, 0.5) is 14.5 Å². The van der Waals surface area contributed by atoms with Gasteiger partial charge in [0.1, 0.15) is 21.5 Å². The molecule has 8 heteroatoms. The molecule has 0 aliphatic carbocycles. The molecule has 0 saturated carbocycles. The molecule has 1 aromatic heterocycles. The number of esters is 1. The number of hydrogen-bond donors (Lipinski definition) is 1. The average molecular weight is 388 g/mol. The molecule has 0 radical (unpaired) electrons. The summed E-state index contributed by atoms with van der Waals surface area (Å²) in [7, 11) is 0. The highest BCUT2D eigenvalue weighted by Gasteiger charge is 2.19. The maximum Gasteiger partial charge on any atom is 0.350 e. The van der Waals surface area contributed by atoms with E-state index in [1.165, 1.54) is 0 Å². The Labute approximate surface area is 157 Å². The summed E-state index contributed by atoms with van der Waals surface area (Å²) in [4.78, 5) is 28.7. The smallest absolute Gasteiger partial charge is 0.350 e. The van der Waals surface area contributed by atoms with E-state index in [1.807, 2.05) is 30.3 Å². The molecule has 3 aromatic rings. The number of ether oxygens (including phenoxy) is 1. The molecule has 0 bridgehead atoms. The highest BCUT2D eigenvalue weighted by atomic mass is 32.1. The number of aromatic nitrogens is 1. The van der Waals surface area contributed by atoms with Crippen molar-refractivity contribution in [2.24, 2.45) is 0 Å². The van der Waals surface area contributed by atoms with Gasteiger partial charge in [-0.05, 0) is 19.1 Å². The third kappa shape index (κ3) is 4.53. The number of carbonyl (C=O) groups excluding carboxylic acids is 2.